The van der Waals surface area contributed by atoms with Crippen molar-refractivity contribution in [2.75, 3.05) is 32.7 Å². The smallest absolute Gasteiger partial charge is 0.00385 e. The summed E-state index contributed by atoms with van der Waals surface area (Å²) in [7, 11) is 0. The molecule has 1 aliphatic rings. The molecule has 1 heterocycles. The van der Waals surface area contributed by atoms with E-state index in [0.717, 1.165) is 12.0 Å². The number of rotatable bonds is 5. The largest absolute Gasteiger partial charge is 0.304 e. The van der Waals surface area contributed by atoms with Gasteiger partial charge in [0.15, 0.2) is 0 Å². The van der Waals surface area contributed by atoms with E-state index in [1.165, 1.54) is 45.6 Å². The van der Waals surface area contributed by atoms with Crippen LogP contribution in [0, 0.1) is 5.92 Å². The van der Waals surface area contributed by atoms with Gasteiger partial charge < -0.3 is 9.80 Å². The first kappa shape index (κ1) is 13.0. The van der Waals surface area contributed by atoms with Crippen molar-refractivity contribution in [2.45, 2.75) is 46.6 Å². The summed E-state index contributed by atoms with van der Waals surface area (Å²) < 4.78 is 0. The van der Waals surface area contributed by atoms with Crippen LogP contribution in [-0.4, -0.2) is 48.6 Å². The molecule has 0 radical (unpaired) electrons. The van der Waals surface area contributed by atoms with E-state index in [-0.39, 0.29) is 0 Å². The lowest BCUT2D eigenvalue weighted by atomic mass is 9.95. The Balaban J connectivity index is 2.25. The first-order chi connectivity index (χ1) is 7.17. The van der Waals surface area contributed by atoms with E-state index in [9.17, 15) is 0 Å². The molecule has 0 aromatic rings. The maximum absolute atomic E-state index is 2.61. The van der Waals surface area contributed by atoms with E-state index in [2.05, 4.69) is 37.5 Å². The molecule has 0 atom stereocenters. The minimum atomic E-state index is 0.736. The van der Waals surface area contributed by atoms with Crippen LogP contribution in [0.5, 0.6) is 0 Å². The average molecular weight is 212 g/mol. The fourth-order valence-electron chi connectivity index (χ4n) is 2.50. The van der Waals surface area contributed by atoms with E-state index in [1.54, 1.807) is 0 Å². The Morgan fingerprint density at radius 2 is 1.67 bits per heavy atom. The van der Waals surface area contributed by atoms with Crippen molar-refractivity contribution in [1.29, 1.82) is 0 Å². The van der Waals surface area contributed by atoms with Crippen LogP contribution in [-0.2, 0) is 0 Å². The van der Waals surface area contributed by atoms with Crippen molar-refractivity contribution in [3.8, 4) is 0 Å². The predicted octanol–water partition coefficient (Wildman–Crippen LogP) is 2.45. The van der Waals surface area contributed by atoms with Gasteiger partial charge in [0.25, 0.3) is 0 Å². The third-order valence-electron chi connectivity index (χ3n) is 3.79. The van der Waals surface area contributed by atoms with E-state index in [0.29, 0.717) is 0 Å². The SMILES string of the molecule is CCN(CC)CC1CCN(C(C)C)CC1. The second-order valence-electron chi connectivity index (χ2n) is 5.06. The maximum atomic E-state index is 2.61. The van der Waals surface area contributed by atoms with Gasteiger partial charge in [0.05, 0.1) is 0 Å². The van der Waals surface area contributed by atoms with E-state index < -0.39 is 0 Å². The van der Waals surface area contributed by atoms with Crippen molar-refractivity contribution < 1.29 is 0 Å². The molecule has 2 heteroatoms. The van der Waals surface area contributed by atoms with E-state index in [1.807, 2.05) is 0 Å². The Kier molecular flexibility index (Phi) is 5.62. The van der Waals surface area contributed by atoms with Crippen LogP contribution in [0.1, 0.15) is 40.5 Å². The third kappa shape index (κ3) is 4.12. The number of hydrogen-bond acceptors (Lipinski definition) is 2. The van der Waals surface area contributed by atoms with Crippen molar-refractivity contribution in [1.82, 2.24) is 9.80 Å². The van der Waals surface area contributed by atoms with Gasteiger partial charge in [0.2, 0.25) is 0 Å². The molecule has 0 aromatic carbocycles. The molecule has 0 bridgehead atoms. The van der Waals surface area contributed by atoms with E-state index >= 15 is 0 Å². The second kappa shape index (κ2) is 6.49. The first-order valence-electron chi connectivity index (χ1n) is 6.63. The zero-order chi connectivity index (χ0) is 11.3. The topological polar surface area (TPSA) is 6.48 Å². The lowest BCUT2D eigenvalue weighted by molar-refractivity contribution is 0.125. The number of likely N-dealkylation sites (tertiary alicyclic amines) is 1. The molecule has 15 heavy (non-hydrogen) atoms. The predicted molar refractivity (Wildman–Crippen MR) is 67.2 cm³/mol. The summed E-state index contributed by atoms with van der Waals surface area (Å²) in [5.41, 5.74) is 0. The van der Waals surface area contributed by atoms with Crippen LogP contribution in [0.2, 0.25) is 0 Å². The molecule has 0 N–H and O–H groups in total. The molecule has 0 amide bonds. The first-order valence-corrected chi connectivity index (χ1v) is 6.63. The van der Waals surface area contributed by atoms with Gasteiger partial charge in [-0.3, -0.25) is 0 Å². The molecular formula is C13H28N2. The molecule has 0 saturated carbocycles. The summed E-state index contributed by atoms with van der Waals surface area (Å²) in [6, 6.07) is 0.736. The molecule has 90 valence electrons. The summed E-state index contributed by atoms with van der Waals surface area (Å²) in [5, 5.41) is 0. The molecule has 1 rings (SSSR count). The molecule has 2 nitrogen and oxygen atoms in total. The number of nitrogens with zero attached hydrogens (tertiary/aromatic N) is 2. The van der Waals surface area contributed by atoms with Crippen LogP contribution < -0.4 is 0 Å². The van der Waals surface area contributed by atoms with Crippen LogP contribution in [0.4, 0.5) is 0 Å². The zero-order valence-corrected chi connectivity index (χ0v) is 11.0. The Morgan fingerprint density at radius 3 is 2.07 bits per heavy atom. The Bertz CT molecular complexity index is 156. The van der Waals surface area contributed by atoms with Gasteiger partial charge in [-0.25, -0.2) is 0 Å². The van der Waals surface area contributed by atoms with Gasteiger partial charge in [0, 0.05) is 12.6 Å². The number of hydrogen-bond donors (Lipinski definition) is 0. The third-order valence-corrected chi connectivity index (χ3v) is 3.79. The normalized spacial score (nSPS) is 20.4. The lowest BCUT2D eigenvalue weighted by Crippen LogP contribution is -2.41. The Hall–Kier alpha value is -0.0800. The van der Waals surface area contributed by atoms with Gasteiger partial charge >= 0.3 is 0 Å². The molecular weight excluding hydrogens is 184 g/mol. The summed E-state index contributed by atoms with van der Waals surface area (Å²) >= 11 is 0. The highest BCUT2D eigenvalue weighted by atomic mass is 15.2. The molecule has 0 unspecified atom stereocenters. The van der Waals surface area contributed by atoms with Crippen LogP contribution >= 0.6 is 0 Å². The summed E-state index contributed by atoms with van der Waals surface area (Å²) in [5.74, 6) is 0.944. The highest BCUT2D eigenvalue weighted by molar-refractivity contribution is 4.76. The monoisotopic (exact) mass is 212 g/mol. The Morgan fingerprint density at radius 1 is 1.13 bits per heavy atom. The minimum absolute atomic E-state index is 0.736. The maximum Gasteiger partial charge on any atom is 0.00385 e. The zero-order valence-electron chi connectivity index (χ0n) is 11.0. The standard InChI is InChI=1S/C13H28N2/c1-5-14(6-2)11-13-7-9-15(10-8-13)12(3)4/h12-13H,5-11H2,1-4H3. The lowest BCUT2D eigenvalue weighted by Gasteiger charge is -2.36. The van der Waals surface area contributed by atoms with Crippen LogP contribution in [0.3, 0.4) is 0 Å². The summed E-state index contributed by atoms with van der Waals surface area (Å²) in [6.45, 7) is 15.5. The quantitative estimate of drug-likeness (QED) is 0.691. The molecule has 1 saturated heterocycles. The van der Waals surface area contributed by atoms with Crippen LogP contribution in [0.15, 0.2) is 0 Å². The van der Waals surface area contributed by atoms with Crippen LogP contribution in [0.25, 0.3) is 0 Å². The van der Waals surface area contributed by atoms with E-state index in [4.69, 9.17) is 0 Å². The molecule has 0 aromatic heterocycles. The highest BCUT2D eigenvalue weighted by Crippen LogP contribution is 2.19. The van der Waals surface area contributed by atoms with Gasteiger partial charge in [-0.2, -0.15) is 0 Å². The molecule has 0 aliphatic carbocycles. The summed E-state index contributed by atoms with van der Waals surface area (Å²) in [6.07, 6.45) is 2.80. The van der Waals surface area contributed by atoms with Gasteiger partial charge in [-0.1, -0.05) is 13.8 Å². The summed E-state index contributed by atoms with van der Waals surface area (Å²) in [4.78, 5) is 5.18. The molecule has 1 aliphatic heterocycles. The van der Waals surface area contributed by atoms with Crippen molar-refractivity contribution in [3.63, 3.8) is 0 Å². The number of piperidine rings is 1. The van der Waals surface area contributed by atoms with Crippen molar-refractivity contribution in [3.05, 3.63) is 0 Å². The van der Waals surface area contributed by atoms with Gasteiger partial charge in [-0.05, 0) is 58.8 Å². The fraction of sp³-hybridized carbons (Fsp3) is 1.00. The Labute approximate surface area is 95.6 Å². The van der Waals surface area contributed by atoms with Crippen molar-refractivity contribution in [2.24, 2.45) is 5.92 Å². The van der Waals surface area contributed by atoms with Crippen molar-refractivity contribution >= 4 is 0 Å². The fourth-order valence-corrected chi connectivity index (χ4v) is 2.50. The van der Waals surface area contributed by atoms with Gasteiger partial charge in [0.1, 0.15) is 0 Å². The average Bonchev–Trinajstić information content (AvgIpc) is 2.26. The molecule has 0 spiro atoms. The molecule has 1 fully saturated rings. The minimum Gasteiger partial charge on any atom is -0.304 e. The second-order valence-corrected chi connectivity index (χ2v) is 5.06. The highest BCUT2D eigenvalue weighted by Gasteiger charge is 2.21. The van der Waals surface area contributed by atoms with Gasteiger partial charge in [-0.15, -0.1) is 0 Å².